The zero-order valence-electron chi connectivity index (χ0n) is 36.0. The number of nitrogens with zero attached hydrogens (tertiary/aromatic N) is 3. The zero-order valence-corrected chi connectivity index (χ0v) is 36.8. The average molecular weight is 805 g/mol. The molecule has 0 saturated carbocycles. The maximum Gasteiger partial charge on any atom is 0.407 e. The Morgan fingerprint density at radius 1 is 0.946 bits per heavy atom. The number of ether oxygens (including phenoxy) is 2. The molecule has 1 aliphatic rings. The fourth-order valence-electron chi connectivity index (χ4n) is 7.71. The molecule has 0 spiro atoms. The van der Waals surface area contributed by atoms with Gasteiger partial charge in [0.15, 0.2) is 0 Å². The smallest absolute Gasteiger partial charge is 0.407 e. The summed E-state index contributed by atoms with van der Waals surface area (Å²) < 4.78 is 11.3. The Morgan fingerprint density at radius 2 is 1.62 bits per heavy atom. The maximum absolute atomic E-state index is 14.3. The minimum Gasteiger partial charge on any atom is -0.449 e. The molecule has 1 aromatic carbocycles. The molecule has 13 nitrogen and oxygen atoms in total. The van der Waals surface area contributed by atoms with Gasteiger partial charge >= 0.3 is 6.09 Å². The van der Waals surface area contributed by atoms with Crippen LogP contribution in [0.25, 0.3) is 0 Å². The maximum atomic E-state index is 14.3. The van der Waals surface area contributed by atoms with E-state index in [1.807, 2.05) is 95.8 Å². The third kappa shape index (κ3) is 14.9. The van der Waals surface area contributed by atoms with Crippen molar-refractivity contribution >= 4 is 41.5 Å². The van der Waals surface area contributed by atoms with Crippen molar-refractivity contribution in [1.82, 2.24) is 30.7 Å². The van der Waals surface area contributed by atoms with E-state index in [1.165, 1.54) is 11.8 Å². The summed E-state index contributed by atoms with van der Waals surface area (Å²) in [4.78, 5) is 73.1. The number of amides is 5. The summed E-state index contributed by atoms with van der Waals surface area (Å²) in [5.74, 6) is -0.321. The number of nitrogens with one attached hydrogen (secondary N) is 3. The highest BCUT2D eigenvalue weighted by Crippen LogP contribution is 2.30. The van der Waals surface area contributed by atoms with Gasteiger partial charge in [-0.15, -0.1) is 0 Å². The lowest BCUT2D eigenvalue weighted by Crippen LogP contribution is -2.59. The lowest BCUT2D eigenvalue weighted by Gasteiger charge is -2.41. The van der Waals surface area contributed by atoms with Gasteiger partial charge in [0.1, 0.15) is 12.6 Å². The molecule has 1 aliphatic heterocycles. The van der Waals surface area contributed by atoms with Crippen LogP contribution in [0.3, 0.4) is 0 Å². The van der Waals surface area contributed by atoms with E-state index in [0.717, 1.165) is 18.4 Å². The monoisotopic (exact) mass is 805 g/mol. The summed E-state index contributed by atoms with van der Waals surface area (Å²) in [5.41, 5.74) is 1.12. The fraction of sp³-hybridized carbons (Fsp3) is 0.738. The molecular weight excluding hydrogens is 733 g/mol. The molecule has 5 amide bonds. The molecule has 1 saturated heterocycles. The van der Waals surface area contributed by atoms with E-state index in [4.69, 9.17) is 9.47 Å². The van der Waals surface area contributed by atoms with Crippen molar-refractivity contribution in [3.05, 3.63) is 35.9 Å². The molecule has 56 heavy (non-hydrogen) atoms. The van der Waals surface area contributed by atoms with Crippen molar-refractivity contribution in [1.29, 1.82) is 0 Å². The van der Waals surface area contributed by atoms with Gasteiger partial charge in [0.25, 0.3) is 0 Å². The predicted octanol–water partition coefficient (Wildman–Crippen LogP) is 4.44. The molecular formula is C42H72N6O7S. The molecule has 7 unspecified atom stereocenters. The highest BCUT2D eigenvalue weighted by molar-refractivity contribution is 7.99. The lowest BCUT2D eigenvalue weighted by atomic mass is 9.89. The number of likely N-dealkylation sites (tertiary alicyclic amines) is 1. The summed E-state index contributed by atoms with van der Waals surface area (Å²) in [5, 5.41) is 8.79. The van der Waals surface area contributed by atoms with Crippen LogP contribution in [-0.2, 0) is 35.1 Å². The van der Waals surface area contributed by atoms with Gasteiger partial charge in [-0.1, -0.05) is 78.3 Å². The van der Waals surface area contributed by atoms with Gasteiger partial charge in [-0.05, 0) is 63.6 Å². The van der Waals surface area contributed by atoms with Crippen molar-refractivity contribution in [2.24, 2.45) is 23.7 Å². The molecule has 14 heteroatoms. The predicted molar refractivity (Wildman–Crippen MR) is 224 cm³/mol. The van der Waals surface area contributed by atoms with Crippen molar-refractivity contribution in [2.45, 2.75) is 111 Å². The number of rotatable bonds is 24. The average Bonchev–Trinajstić information content (AvgIpc) is 3.64. The highest BCUT2D eigenvalue weighted by Gasteiger charge is 2.42. The Kier molecular flexibility index (Phi) is 21.9. The van der Waals surface area contributed by atoms with Crippen LogP contribution >= 0.6 is 11.8 Å². The van der Waals surface area contributed by atoms with Crippen molar-refractivity contribution in [3.63, 3.8) is 0 Å². The van der Waals surface area contributed by atoms with Gasteiger partial charge in [-0.3, -0.25) is 24.1 Å². The number of methoxy groups -OCH3 is 1. The number of thioether (sulfide) groups is 1. The first-order valence-corrected chi connectivity index (χ1v) is 21.6. The van der Waals surface area contributed by atoms with E-state index in [-0.39, 0.29) is 60.5 Å². The second-order valence-electron chi connectivity index (χ2n) is 15.9. The molecule has 1 aromatic rings. The first-order chi connectivity index (χ1) is 26.6. The number of hydrogen-bond acceptors (Lipinski definition) is 9. The number of likely N-dealkylation sites (N-methyl/N-ethyl adjacent to an activating group) is 2. The van der Waals surface area contributed by atoms with Gasteiger partial charge in [0, 0.05) is 51.3 Å². The van der Waals surface area contributed by atoms with Gasteiger partial charge in [-0.2, -0.15) is 11.8 Å². The van der Waals surface area contributed by atoms with Gasteiger partial charge in [0.2, 0.25) is 23.6 Å². The van der Waals surface area contributed by atoms with Crippen LogP contribution in [0.2, 0.25) is 0 Å². The summed E-state index contributed by atoms with van der Waals surface area (Å²) in [6.07, 6.45) is 1.81. The number of alkyl carbamates (subject to hydrolysis) is 1. The first kappa shape index (κ1) is 48.8. The zero-order chi connectivity index (χ0) is 41.9. The summed E-state index contributed by atoms with van der Waals surface area (Å²) in [6.45, 7) is 15.4. The molecule has 1 fully saturated rings. The van der Waals surface area contributed by atoms with Crippen molar-refractivity contribution in [3.8, 4) is 0 Å². The van der Waals surface area contributed by atoms with Crippen LogP contribution in [0.15, 0.2) is 30.3 Å². The van der Waals surface area contributed by atoms with Crippen LogP contribution in [0.4, 0.5) is 4.79 Å². The number of hydrogen-bond donors (Lipinski definition) is 3. The second kappa shape index (κ2) is 25.1. The van der Waals surface area contributed by atoms with E-state index in [9.17, 15) is 24.0 Å². The van der Waals surface area contributed by atoms with E-state index in [1.54, 1.807) is 19.1 Å². The lowest BCUT2D eigenvalue weighted by molar-refractivity contribution is -0.146. The largest absolute Gasteiger partial charge is 0.449 e. The molecule has 7 atom stereocenters. The number of carbonyl (C=O) groups is 5. The molecule has 3 N–H and O–H groups in total. The topological polar surface area (TPSA) is 150 Å². The molecule has 318 valence electrons. The normalized spacial score (nSPS) is 17.5. The first-order valence-electron chi connectivity index (χ1n) is 20.4. The van der Waals surface area contributed by atoms with Crippen LogP contribution in [0, 0.1) is 23.7 Å². The molecule has 1 heterocycles. The van der Waals surface area contributed by atoms with Crippen molar-refractivity contribution < 1.29 is 33.4 Å². The third-order valence-corrected chi connectivity index (χ3v) is 11.9. The Balaban J connectivity index is 2.28. The van der Waals surface area contributed by atoms with E-state index in [2.05, 4.69) is 22.9 Å². The Hall–Kier alpha value is -3.36. The fourth-order valence-corrected chi connectivity index (χ4v) is 8.71. The Morgan fingerprint density at radius 3 is 2.20 bits per heavy atom. The second-order valence-corrected chi connectivity index (χ2v) is 17.0. The van der Waals surface area contributed by atoms with Gasteiger partial charge < -0.3 is 35.2 Å². The van der Waals surface area contributed by atoms with Crippen molar-refractivity contribution in [2.75, 3.05) is 66.0 Å². The molecule has 2 rings (SSSR count). The SMILES string of the molecule is CCNC(=O)OCCSCC(C(=O)NCCc1ccccc1)C1CCCN1C(=O)CC(OC)C(C(C)CC)N(C)C(=O)C(NC(=O)C(C(C)C)N(C)C)C(C)C. The van der Waals surface area contributed by atoms with Crippen LogP contribution in [0.5, 0.6) is 0 Å². The summed E-state index contributed by atoms with van der Waals surface area (Å²) in [7, 11) is 7.03. The van der Waals surface area contributed by atoms with E-state index in [0.29, 0.717) is 44.0 Å². The van der Waals surface area contributed by atoms with E-state index < -0.39 is 36.2 Å². The standard InChI is InChI=1S/C42H72N6O7S/c1-12-30(7)38(47(10)41(52)36(28(3)4)45-40(51)37(29(5)6)46(8)9)34(54-11)26-35(49)48-23-17-20-33(48)32(27-56-25-24-55-42(53)43-13-2)39(50)44-22-21-31-18-15-14-16-19-31/h14-16,18-19,28-30,32-34,36-38H,12-13,17,20-27H2,1-11H3,(H,43,53)(H,44,50)(H,45,51). The molecule has 0 aliphatic carbocycles. The summed E-state index contributed by atoms with van der Waals surface area (Å²) >= 11 is 1.53. The highest BCUT2D eigenvalue weighted by atomic mass is 32.2. The van der Waals surface area contributed by atoms with Gasteiger partial charge in [0.05, 0.1) is 30.5 Å². The van der Waals surface area contributed by atoms with Gasteiger partial charge in [-0.25, -0.2) is 4.79 Å². The molecule has 0 aromatic heterocycles. The number of carbonyl (C=O) groups excluding carboxylic acids is 5. The minimum absolute atomic E-state index is 0.0223. The minimum atomic E-state index is -0.762. The summed E-state index contributed by atoms with van der Waals surface area (Å²) in [6, 6.07) is 8.04. The van der Waals surface area contributed by atoms with Crippen LogP contribution < -0.4 is 16.0 Å². The number of benzene rings is 1. The molecule has 0 bridgehead atoms. The third-order valence-electron chi connectivity index (χ3n) is 10.8. The van der Waals surface area contributed by atoms with Crippen LogP contribution in [0.1, 0.15) is 79.7 Å². The van der Waals surface area contributed by atoms with Crippen LogP contribution in [-0.4, -0.2) is 141 Å². The molecule has 0 radical (unpaired) electrons. The quantitative estimate of drug-likeness (QED) is 0.129. The Bertz CT molecular complexity index is 1360. The van der Waals surface area contributed by atoms with E-state index >= 15 is 0 Å². The Labute approximate surface area is 341 Å².